The van der Waals surface area contributed by atoms with Crippen LogP contribution in [-0.4, -0.2) is 87.8 Å². The zero-order chi connectivity index (χ0) is 22.3. The van der Waals surface area contributed by atoms with E-state index in [0.717, 1.165) is 51.5 Å². The summed E-state index contributed by atoms with van der Waals surface area (Å²) in [5.74, 6) is 0.389. The van der Waals surface area contributed by atoms with Crippen LogP contribution in [0.3, 0.4) is 0 Å². The molecule has 32 heavy (non-hydrogen) atoms. The van der Waals surface area contributed by atoms with E-state index in [9.17, 15) is 9.18 Å². The first kappa shape index (κ1) is 21.1. The molecule has 172 valence electrons. The highest BCUT2D eigenvalue weighted by Gasteiger charge is 2.51. The van der Waals surface area contributed by atoms with Gasteiger partial charge in [0.15, 0.2) is 0 Å². The number of halogens is 1. The molecule has 0 N–H and O–H groups in total. The molecule has 4 heterocycles. The van der Waals surface area contributed by atoms with E-state index in [2.05, 4.69) is 25.1 Å². The lowest BCUT2D eigenvalue weighted by atomic mass is 9.78. The SMILES string of the molecule is CCOC(=O)N1CC2(CC[C@@H](N3CCN(c4ncc(F)cc4-c4cn(C)nn4)CC3)C2)C1. The highest BCUT2D eigenvalue weighted by atomic mass is 19.1. The van der Waals surface area contributed by atoms with E-state index in [1.165, 1.54) is 25.1 Å². The van der Waals surface area contributed by atoms with Gasteiger partial charge in [0.1, 0.15) is 17.3 Å². The van der Waals surface area contributed by atoms with Crippen molar-refractivity contribution in [3.8, 4) is 11.3 Å². The highest BCUT2D eigenvalue weighted by molar-refractivity contribution is 5.72. The Hall–Kier alpha value is -2.75. The molecule has 1 amide bonds. The summed E-state index contributed by atoms with van der Waals surface area (Å²) in [7, 11) is 1.80. The van der Waals surface area contributed by atoms with Crippen molar-refractivity contribution in [3.63, 3.8) is 0 Å². The van der Waals surface area contributed by atoms with E-state index >= 15 is 0 Å². The maximum absolute atomic E-state index is 13.9. The summed E-state index contributed by atoms with van der Waals surface area (Å²) < 4.78 is 20.7. The van der Waals surface area contributed by atoms with Crippen LogP contribution in [0, 0.1) is 11.2 Å². The van der Waals surface area contributed by atoms with Crippen molar-refractivity contribution >= 4 is 11.9 Å². The van der Waals surface area contributed by atoms with Gasteiger partial charge in [0.05, 0.1) is 19.0 Å². The van der Waals surface area contributed by atoms with Gasteiger partial charge >= 0.3 is 6.09 Å². The van der Waals surface area contributed by atoms with Gasteiger partial charge in [-0.1, -0.05) is 5.21 Å². The number of pyridine rings is 1. The number of rotatable bonds is 4. The number of likely N-dealkylation sites (tertiary alicyclic amines) is 1. The van der Waals surface area contributed by atoms with Gasteiger partial charge in [-0.15, -0.1) is 5.10 Å². The summed E-state index contributed by atoms with van der Waals surface area (Å²) in [6.07, 6.45) is 6.37. The first-order valence-corrected chi connectivity index (χ1v) is 11.4. The molecule has 3 fully saturated rings. The van der Waals surface area contributed by atoms with Crippen LogP contribution in [-0.2, 0) is 11.8 Å². The molecule has 0 unspecified atom stereocenters. The third kappa shape index (κ3) is 3.92. The number of piperazine rings is 1. The number of anilines is 1. The fourth-order valence-electron chi connectivity index (χ4n) is 5.53. The second-order valence-corrected chi connectivity index (χ2v) is 9.28. The third-order valence-electron chi connectivity index (χ3n) is 7.10. The predicted molar refractivity (Wildman–Crippen MR) is 117 cm³/mol. The lowest BCUT2D eigenvalue weighted by Crippen LogP contribution is -2.58. The fraction of sp³-hybridized carbons (Fsp3) is 0.636. The lowest BCUT2D eigenvalue weighted by molar-refractivity contribution is -0.00294. The van der Waals surface area contributed by atoms with Crippen LogP contribution in [0.1, 0.15) is 26.2 Å². The van der Waals surface area contributed by atoms with Crippen LogP contribution in [0.4, 0.5) is 15.0 Å². The molecule has 1 spiro atoms. The molecule has 2 aliphatic heterocycles. The Kier molecular flexibility index (Phi) is 5.48. The fourth-order valence-corrected chi connectivity index (χ4v) is 5.53. The minimum Gasteiger partial charge on any atom is -0.450 e. The molecular weight excluding hydrogens is 413 g/mol. The van der Waals surface area contributed by atoms with Crippen molar-refractivity contribution in [1.29, 1.82) is 0 Å². The first-order chi connectivity index (χ1) is 15.5. The summed E-state index contributed by atoms with van der Waals surface area (Å²) in [4.78, 5) is 22.9. The number of hydrogen-bond acceptors (Lipinski definition) is 7. The molecule has 10 heteroatoms. The summed E-state index contributed by atoms with van der Waals surface area (Å²) in [5, 5.41) is 8.14. The summed E-state index contributed by atoms with van der Waals surface area (Å²) in [6, 6.07) is 2.05. The Balaban J connectivity index is 1.20. The number of amides is 1. The molecule has 0 bridgehead atoms. The number of nitrogens with zero attached hydrogens (tertiary/aromatic N) is 7. The van der Waals surface area contributed by atoms with Gasteiger partial charge in [0.2, 0.25) is 0 Å². The largest absolute Gasteiger partial charge is 0.450 e. The van der Waals surface area contributed by atoms with Crippen LogP contribution < -0.4 is 4.90 Å². The van der Waals surface area contributed by atoms with Crippen LogP contribution in [0.2, 0.25) is 0 Å². The maximum Gasteiger partial charge on any atom is 0.409 e. The van der Waals surface area contributed by atoms with Gasteiger partial charge in [-0.25, -0.2) is 14.2 Å². The van der Waals surface area contributed by atoms with Crippen molar-refractivity contribution in [2.75, 3.05) is 50.8 Å². The molecule has 2 aromatic rings. The third-order valence-corrected chi connectivity index (χ3v) is 7.10. The molecule has 1 atom stereocenters. The quantitative estimate of drug-likeness (QED) is 0.716. The molecule has 5 rings (SSSR count). The van der Waals surface area contributed by atoms with Crippen LogP contribution in [0.5, 0.6) is 0 Å². The standard InChI is InChI=1S/C22H30FN7O2/c1-3-32-21(31)30-14-22(15-30)5-4-17(11-22)28-6-8-29(9-7-28)20-18(10-16(23)12-24-20)19-13-27(2)26-25-19/h10,12-13,17H,3-9,11,14-15H2,1-2H3/t17-/m1/s1. The molecule has 2 saturated heterocycles. The first-order valence-electron chi connectivity index (χ1n) is 11.4. The van der Waals surface area contributed by atoms with E-state index in [4.69, 9.17) is 4.74 Å². The van der Waals surface area contributed by atoms with E-state index in [0.29, 0.717) is 23.9 Å². The van der Waals surface area contributed by atoms with E-state index in [-0.39, 0.29) is 17.3 Å². The summed E-state index contributed by atoms with van der Waals surface area (Å²) >= 11 is 0. The van der Waals surface area contributed by atoms with E-state index in [1.807, 2.05) is 11.8 Å². The molecule has 0 aromatic carbocycles. The minimum absolute atomic E-state index is 0.180. The molecule has 1 saturated carbocycles. The normalized spacial score (nSPS) is 22.9. The smallest absolute Gasteiger partial charge is 0.409 e. The van der Waals surface area contributed by atoms with Gasteiger partial charge < -0.3 is 14.5 Å². The number of aromatic nitrogens is 4. The topological polar surface area (TPSA) is 79.6 Å². The molecule has 3 aliphatic rings. The lowest BCUT2D eigenvalue weighted by Gasteiger charge is -2.48. The van der Waals surface area contributed by atoms with Gasteiger partial charge in [-0.05, 0) is 32.3 Å². The van der Waals surface area contributed by atoms with Crippen molar-refractivity contribution < 1.29 is 13.9 Å². The molecule has 0 radical (unpaired) electrons. The molecule has 9 nitrogen and oxygen atoms in total. The van der Waals surface area contributed by atoms with Crippen molar-refractivity contribution in [3.05, 3.63) is 24.3 Å². The number of carbonyl (C=O) groups excluding carboxylic acids is 1. The summed E-state index contributed by atoms with van der Waals surface area (Å²) in [6.45, 7) is 7.48. The Labute approximate surface area is 187 Å². The molecule has 2 aromatic heterocycles. The highest BCUT2D eigenvalue weighted by Crippen LogP contribution is 2.47. The predicted octanol–water partition coefficient (Wildman–Crippen LogP) is 2.15. The number of aryl methyl sites for hydroxylation is 1. The van der Waals surface area contributed by atoms with Gasteiger partial charge in [-0.2, -0.15) is 0 Å². The number of carbonyl (C=O) groups is 1. The Bertz CT molecular complexity index is 982. The van der Waals surface area contributed by atoms with Gasteiger partial charge in [-0.3, -0.25) is 9.58 Å². The second-order valence-electron chi connectivity index (χ2n) is 9.28. The Morgan fingerprint density at radius 1 is 1.28 bits per heavy atom. The minimum atomic E-state index is -0.373. The maximum atomic E-state index is 13.9. The van der Waals surface area contributed by atoms with Crippen LogP contribution >= 0.6 is 0 Å². The van der Waals surface area contributed by atoms with E-state index in [1.54, 1.807) is 17.9 Å². The Morgan fingerprint density at radius 3 is 2.75 bits per heavy atom. The number of ether oxygens (including phenoxy) is 1. The Morgan fingerprint density at radius 2 is 2.06 bits per heavy atom. The van der Waals surface area contributed by atoms with Crippen LogP contribution in [0.15, 0.2) is 18.5 Å². The van der Waals surface area contributed by atoms with E-state index < -0.39 is 0 Å². The van der Waals surface area contributed by atoms with Crippen LogP contribution in [0.25, 0.3) is 11.3 Å². The average Bonchev–Trinajstić information content (AvgIpc) is 3.40. The second kappa shape index (κ2) is 8.31. The zero-order valence-corrected chi connectivity index (χ0v) is 18.7. The van der Waals surface area contributed by atoms with Crippen molar-refractivity contribution in [2.24, 2.45) is 12.5 Å². The van der Waals surface area contributed by atoms with Crippen molar-refractivity contribution in [1.82, 2.24) is 29.8 Å². The zero-order valence-electron chi connectivity index (χ0n) is 18.7. The molecule has 1 aliphatic carbocycles. The monoisotopic (exact) mass is 443 g/mol. The average molecular weight is 444 g/mol. The molecular formula is C22H30FN7O2. The van der Waals surface area contributed by atoms with Gasteiger partial charge in [0.25, 0.3) is 0 Å². The van der Waals surface area contributed by atoms with Crippen molar-refractivity contribution in [2.45, 2.75) is 32.2 Å². The number of hydrogen-bond donors (Lipinski definition) is 0. The van der Waals surface area contributed by atoms with Gasteiger partial charge in [0, 0.05) is 63.3 Å². The summed E-state index contributed by atoms with van der Waals surface area (Å²) in [5.41, 5.74) is 1.58.